The van der Waals surface area contributed by atoms with Crippen LogP contribution in [0.15, 0.2) is 42.5 Å². The zero-order chi connectivity index (χ0) is 12.3. The summed E-state index contributed by atoms with van der Waals surface area (Å²) in [7, 11) is 0. The number of rotatable bonds is 2. The summed E-state index contributed by atoms with van der Waals surface area (Å²) < 4.78 is 0. The van der Waals surface area contributed by atoms with Crippen LogP contribution in [0.5, 0.6) is 0 Å². The fraction of sp³-hybridized carbons (Fsp3) is 0.133. The van der Waals surface area contributed by atoms with Crippen molar-refractivity contribution >= 4 is 15.9 Å². The average Bonchev–Trinajstić information content (AvgIpc) is 2.39. The Labute approximate surface area is 110 Å². The van der Waals surface area contributed by atoms with Crippen LogP contribution in [0.2, 0.25) is 0 Å². The first kappa shape index (κ1) is 11.9. The fourth-order valence-electron chi connectivity index (χ4n) is 1.78. The van der Waals surface area contributed by atoms with E-state index in [1.807, 2.05) is 25.1 Å². The van der Waals surface area contributed by atoms with Gasteiger partial charge in [-0.05, 0) is 35.2 Å². The lowest BCUT2D eigenvalue weighted by atomic mass is 9.98. The summed E-state index contributed by atoms with van der Waals surface area (Å²) in [6, 6.07) is 16.5. The van der Waals surface area contributed by atoms with E-state index in [2.05, 4.69) is 46.3 Å². The Morgan fingerprint density at radius 2 is 1.82 bits per heavy atom. The lowest BCUT2D eigenvalue weighted by Gasteiger charge is -2.06. The van der Waals surface area contributed by atoms with Crippen molar-refractivity contribution < 1.29 is 0 Å². The molecule has 0 amide bonds. The molecule has 17 heavy (non-hydrogen) atoms. The molecule has 0 atom stereocenters. The number of aryl methyl sites for hydroxylation is 1. The van der Waals surface area contributed by atoms with Gasteiger partial charge in [-0.25, -0.2) is 0 Å². The van der Waals surface area contributed by atoms with E-state index in [1.165, 1.54) is 5.56 Å². The summed E-state index contributed by atoms with van der Waals surface area (Å²) >= 11 is 3.42. The van der Waals surface area contributed by atoms with E-state index in [-0.39, 0.29) is 0 Å². The smallest absolute Gasteiger partial charge is 0.0998 e. The van der Waals surface area contributed by atoms with Gasteiger partial charge < -0.3 is 0 Å². The fourth-order valence-corrected chi connectivity index (χ4v) is 2.15. The van der Waals surface area contributed by atoms with Gasteiger partial charge in [0.25, 0.3) is 0 Å². The van der Waals surface area contributed by atoms with Gasteiger partial charge in [-0.1, -0.05) is 52.3 Å². The summed E-state index contributed by atoms with van der Waals surface area (Å²) in [5, 5.41) is 10.0. The van der Waals surface area contributed by atoms with Crippen molar-refractivity contribution in [1.82, 2.24) is 0 Å². The highest BCUT2D eigenvalue weighted by molar-refractivity contribution is 9.08. The third-order valence-corrected chi connectivity index (χ3v) is 3.36. The Morgan fingerprint density at radius 3 is 2.41 bits per heavy atom. The van der Waals surface area contributed by atoms with Crippen LogP contribution in [0.3, 0.4) is 0 Å². The molecule has 0 saturated carbocycles. The maximum atomic E-state index is 9.15. The first-order valence-electron chi connectivity index (χ1n) is 5.40. The Morgan fingerprint density at radius 1 is 1.12 bits per heavy atom. The highest BCUT2D eigenvalue weighted by atomic mass is 79.9. The van der Waals surface area contributed by atoms with Crippen molar-refractivity contribution in [2.24, 2.45) is 0 Å². The number of halogens is 1. The molecule has 2 heteroatoms. The lowest BCUT2D eigenvalue weighted by Crippen LogP contribution is -1.86. The van der Waals surface area contributed by atoms with Gasteiger partial charge in [0.2, 0.25) is 0 Å². The molecule has 0 aliphatic heterocycles. The van der Waals surface area contributed by atoms with Crippen LogP contribution in [0, 0.1) is 18.3 Å². The van der Waals surface area contributed by atoms with Crippen LogP contribution in [0.4, 0.5) is 0 Å². The second-order valence-corrected chi connectivity index (χ2v) is 4.55. The molecule has 2 aromatic carbocycles. The highest BCUT2D eigenvalue weighted by Crippen LogP contribution is 2.25. The summed E-state index contributed by atoms with van der Waals surface area (Å²) in [4.78, 5) is 0. The molecule has 0 heterocycles. The number of alkyl halides is 1. The molecule has 0 aromatic heterocycles. The minimum absolute atomic E-state index is 0.733. The monoisotopic (exact) mass is 285 g/mol. The molecule has 0 unspecified atom stereocenters. The highest BCUT2D eigenvalue weighted by Gasteiger charge is 2.04. The molecule has 0 aliphatic carbocycles. The van der Waals surface area contributed by atoms with Crippen LogP contribution in [0.25, 0.3) is 11.1 Å². The largest absolute Gasteiger partial charge is 0.192 e. The molecule has 2 aromatic rings. The zero-order valence-corrected chi connectivity index (χ0v) is 11.2. The normalized spacial score (nSPS) is 9.94. The molecule has 0 aliphatic rings. The van der Waals surface area contributed by atoms with Crippen LogP contribution in [-0.2, 0) is 5.33 Å². The third-order valence-electron chi connectivity index (χ3n) is 2.71. The van der Waals surface area contributed by atoms with E-state index in [0.717, 1.165) is 27.6 Å². The predicted molar refractivity (Wildman–Crippen MR) is 74.0 cm³/mol. The standard InChI is InChI=1S/C15H12BrN/c1-11-2-7-15(14(8-11)10-17)13-5-3-12(9-16)4-6-13/h2-8H,9H2,1H3. The molecule has 1 nitrogen and oxygen atoms in total. The third kappa shape index (κ3) is 2.57. The van der Waals surface area contributed by atoms with E-state index < -0.39 is 0 Å². The van der Waals surface area contributed by atoms with Gasteiger partial charge in [0.15, 0.2) is 0 Å². The summed E-state index contributed by atoms with van der Waals surface area (Å²) in [5.74, 6) is 0. The Balaban J connectivity index is 2.49. The molecule has 0 fully saturated rings. The van der Waals surface area contributed by atoms with Crippen molar-refractivity contribution in [1.29, 1.82) is 5.26 Å². The number of benzene rings is 2. The Kier molecular flexibility index (Phi) is 3.61. The van der Waals surface area contributed by atoms with Crippen LogP contribution >= 0.6 is 15.9 Å². The molecule has 0 bridgehead atoms. The van der Waals surface area contributed by atoms with E-state index in [1.54, 1.807) is 0 Å². The molecule has 84 valence electrons. The van der Waals surface area contributed by atoms with E-state index >= 15 is 0 Å². The lowest BCUT2D eigenvalue weighted by molar-refractivity contribution is 1.40. The van der Waals surface area contributed by atoms with E-state index in [0.29, 0.717) is 0 Å². The van der Waals surface area contributed by atoms with Crippen molar-refractivity contribution in [3.8, 4) is 17.2 Å². The van der Waals surface area contributed by atoms with E-state index in [9.17, 15) is 0 Å². The number of nitriles is 1. The molecular formula is C15H12BrN. The molecule has 2 rings (SSSR count). The molecule has 0 N–H and O–H groups in total. The minimum Gasteiger partial charge on any atom is -0.192 e. The number of nitrogens with zero attached hydrogens (tertiary/aromatic N) is 1. The van der Waals surface area contributed by atoms with Crippen LogP contribution in [-0.4, -0.2) is 0 Å². The minimum atomic E-state index is 0.733. The van der Waals surface area contributed by atoms with Gasteiger partial charge in [0.1, 0.15) is 0 Å². The van der Waals surface area contributed by atoms with Gasteiger partial charge in [-0.3, -0.25) is 0 Å². The van der Waals surface area contributed by atoms with E-state index in [4.69, 9.17) is 5.26 Å². The second kappa shape index (κ2) is 5.16. The van der Waals surface area contributed by atoms with Crippen molar-refractivity contribution in [3.05, 3.63) is 59.2 Å². The summed E-state index contributed by atoms with van der Waals surface area (Å²) in [5.41, 5.74) is 5.17. The number of hydrogen-bond donors (Lipinski definition) is 0. The van der Waals surface area contributed by atoms with Crippen LogP contribution in [0.1, 0.15) is 16.7 Å². The van der Waals surface area contributed by atoms with Crippen molar-refractivity contribution in [3.63, 3.8) is 0 Å². The van der Waals surface area contributed by atoms with Crippen molar-refractivity contribution in [2.45, 2.75) is 12.3 Å². The maximum absolute atomic E-state index is 9.15. The zero-order valence-electron chi connectivity index (χ0n) is 9.57. The predicted octanol–water partition coefficient (Wildman–Crippen LogP) is 4.43. The first-order chi connectivity index (χ1) is 8.24. The average molecular weight is 286 g/mol. The molecular weight excluding hydrogens is 274 g/mol. The Hall–Kier alpha value is -1.59. The molecule has 0 spiro atoms. The summed E-state index contributed by atoms with van der Waals surface area (Å²) in [6.45, 7) is 2.00. The van der Waals surface area contributed by atoms with Crippen molar-refractivity contribution in [2.75, 3.05) is 0 Å². The van der Waals surface area contributed by atoms with Gasteiger partial charge in [0.05, 0.1) is 11.6 Å². The van der Waals surface area contributed by atoms with Gasteiger partial charge in [0, 0.05) is 5.33 Å². The summed E-state index contributed by atoms with van der Waals surface area (Å²) in [6.07, 6.45) is 0. The quantitative estimate of drug-likeness (QED) is 0.749. The second-order valence-electron chi connectivity index (χ2n) is 3.99. The maximum Gasteiger partial charge on any atom is 0.0998 e. The number of hydrogen-bond acceptors (Lipinski definition) is 1. The molecule has 0 radical (unpaired) electrons. The van der Waals surface area contributed by atoms with Gasteiger partial charge in [-0.2, -0.15) is 5.26 Å². The van der Waals surface area contributed by atoms with Gasteiger partial charge in [-0.15, -0.1) is 0 Å². The molecule has 0 saturated heterocycles. The first-order valence-corrected chi connectivity index (χ1v) is 6.53. The SMILES string of the molecule is Cc1ccc(-c2ccc(CBr)cc2)c(C#N)c1. The Bertz CT molecular complexity index is 564. The topological polar surface area (TPSA) is 23.8 Å². The van der Waals surface area contributed by atoms with Gasteiger partial charge >= 0.3 is 0 Å². The van der Waals surface area contributed by atoms with Crippen LogP contribution < -0.4 is 0 Å².